The molecule has 3 rings (SSSR count). The molecule has 0 aromatic heterocycles. The van der Waals surface area contributed by atoms with Gasteiger partial charge in [0.05, 0.1) is 10.0 Å². The molecule has 1 N–H and O–H groups in total. The number of carbonyl (C=O) groups excluding carboxylic acids is 1. The lowest BCUT2D eigenvalue weighted by Gasteiger charge is -2.45. The molecule has 142 valence electrons. The highest BCUT2D eigenvalue weighted by molar-refractivity contribution is 7.80. The Labute approximate surface area is 179 Å². The van der Waals surface area contributed by atoms with Crippen LogP contribution in [0.15, 0.2) is 42.5 Å². The molecule has 3 nitrogen and oxygen atoms in total. The molecule has 0 spiro atoms. The fourth-order valence-corrected chi connectivity index (χ4v) is 4.45. The summed E-state index contributed by atoms with van der Waals surface area (Å²) in [6.07, 6.45) is 2.97. The SMILES string of the molecule is CN(C(=S)Nc1ccc(Cl)c(Cl)c1)C1(c2ccccc2Cl)CCCCC1=O. The Morgan fingerprint density at radius 3 is 2.48 bits per heavy atom. The number of benzene rings is 2. The minimum Gasteiger partial charge on any atom is -0.335 e. The van der Waals surface area contributed by atoms with Crippen molar-refractivity contribution in [3.05, 3.63) is 63.1 Å². The second-order valence-electron chi connectivity index (χ2n) is 6.59. The van der Waals surface area contributed by atoms with E-state index in [1.165, 1.54) is 0 Å². The number of rotatable bonds is 3. The predicted octanol–water partition coefficient (Wildman–Crippen LogP) is 6.31. The van der Waals surface area contributed by atoms with Crippen LogP contribution < -0.4 is 5.32 Å². The van der Waals surface area contributed by atoms with Gasteiger partial charge < -0.3 is 10.2 Å². The highest BCUT2D eigenvalue weighted by atomic mass is 35.5. The number of halogens is 3. The van der Waals surface area contributed by atoms with Crippen molar-refractivity contribution in [3.63, 3.8) is 0 Å². The first kappa shape index (κ1) is 20.4. The third-order valence-corrected chi connectivity index (χ3v) is 6.47. The molecule has 7 heteroatoms. The molecule has 1 aliphatic rings. The zero-order valence-electron chi connectivity index (χ0n) is 14.8. The van der Waals surface area contributed by atoms with Gasteiger partial charge in [0.25, 0.3) is 0 Å². The number of hydrogen-bond acceptors (Lipinski definition) is 2. The lowest BCUT2D eigenvalue weighted by Crippen LogP contribution is -2.55. The van der Waals surface area contributed by atoms with Crippen LogP contribution >= 0.6 is 47.0 Å². The molecule has 1 aliphatic carbocycles. The van der Waals surface area contributed by atoms with E-state index in [1.54, 1.807) is 18.2 Å². The van der Waals surface area contributed by atoms with Crippen molar-refractivity contribution in [1.29, 1.82) is 0 Å². The van der Waals surface area contributed by atoms with Crippen LogP contribution in [0.1, 0.15) is 31.2 Å². The Hall–Kier alpha value is -1.33. The second-order valence-corrected chi connectivity index (χ2v) is 8.20. The quantitative estimate of drug-likeness (QED) is 0.565. The van der Waals surface area contributed by atoms with E-state index < -0.39 is 5.54 Å². The molecule has 0 heterocycles. The van der Waals surface area contributed by atoms with Gasteiger partial charge in [-0.2, -0.15) is 0 Å². The van der Waals surface area contributed by atoms with Gasteiger partial charge >= 0.3 is 0 Å². The maximum atomic E-state index is 13.1. The zero-order chi connectivity index (χ0) is 19.6. The molecule has 0 aliphatic heterocycles. The third kappa shape index (κ3) is 3.95. The van der Waals surface area contributed by atoms with Gasteiger partial charge in [-0.05, 0) is 55.7 Å². The highest BCUT2D eigenvalue weighted by Gasteiger charge is 2.47. The molecule has 1 unspecified atom stereocenters. The first-order chi connectivity index (χ1) is 12.9. The number of hydrogen-bond donors (Lipinski definition) is 1. The van der Waals surface area contributed by atoms with Crippen molar-refractivity contribution >= 4 is 63.6 Å². The lowest BCUT2D eigenvalue weighted by atomic mass is 9.74. The van der Waals surface area contributed by atoms with Gasteiger partial charge in [-0.15, -0.1) is 0 Å². The van der Waals surface area contributed by atoms with E-state index in [9.17, 15) is 4.79 Å². The summed E-state index contributed by atoms with van der Waals surface area (Å²) in [4.78, 5) is 15.0. The highest BCUT2D eigenvalue weighted by Crippen LogP contribution is 2.42. The lowest BCUT2D eigenvalue weighted by molar-refractivity contribution is -0.131. The van der Waals surface area contributed by atoms with Crippen molar-refractivity contribution in [2.24, 2.45) is 0 Å². The fourth-order valence-electron chi connectivity index (χ4n) is 3.58. The van der Waals surface area contributed by atoms with Crippen molar-refractivity contribution in [2.45, 2.75) is 31.2 Å². The number of nitrogens with zero attached hydrogens (tertiary/aromatic N) is 1. The normalized spacial score (nSPS) is 19.6. The summed E-state index contributed by atoms with van der Waals surface area (Å²) < 4.78 is 0. The van der Waals surface area contributed by atoms with Crippen LogP contribution in [0.5, 0.6) is 0 Å². The van der Waals surface area contributed by atoms with Crippen LogP contribution in [-0.2, 0) is 10.3 Å². The minimum absolute atomic E-state index is 0.127. The summed E-state index contributed by atoms with van der Waals surface area (Å²) >= 11 is 24.2. The van der Waals surface area contributed by atoms with Gasteiger partial charge in [0.1, 0.15) is 5.54 Å². The molecular formula is C20H19Cl3N2OS. The van der Waals surface area contributed by atoms with Crippen LogP contribution in [-0.4, -0.2) is 22.8 Å². The number of anilines is 1. The molecule has 27 heavy (non-hydrogen) atoms. The summed E-state index contributed by atoms with van der Waals surface area (Å²) in [6.45, 7) is 0. The van der Waals surface area contributed by atoms with Gasteiger partial charge in [-0.25, -0.2) is 0 Å². The van der Waals surface area contributed by atoms with Crippen molar-refractivity contribution in [3.8, 4) is 0 Å². The van der Waals surface area contributed by atoms with Crippen LogP contribution in [0.25, 0.3) is 0 Å². The van der Waals surface area contributed by atoms with E-state index in [0.717, 1.165) is 18.4 Å². The van der Waals surface area contributed by atoms with E-state index in [2.05, 4.69) is 5.32 Å². The summed E-state index contributed by atoms with van der Waals surface area (Å²) in [6, 6.07) is 12.7. The Morgan fingerprint density at radius 1 is 1.07 bits per heavy atom. The maximum absolute atomic E-state index is 13.1. The fraction of sp³-hybridized carbons (Fsp3) is 0.300. The summed E-state index contributed by atoms with van der Waals surface area (Å²) in [5.41, 5.74) is 0.618. The Morgan fingerprint density at radius 2 is 1.81 bits per heavy atom. The van der Waals surface area contributed by atoms with Crippen LogP contribution in [0.3, 0.4) is 0 Å². The molecule has 0 saturated heterocycles. The van der Waals surface area contributed by atoms with E-state index in [0.29, 0.717) is 38.7 Å². The summed E-state index contributed by atoms with van der Waals surface area (Å²) in [7, 11) is 1.83. The van der Waals surface area contributed by atoms with Gasteiger partial charge in [0.15, 0.2) is 10.9 Å². The standard InChI is InChI=1S/C20H19Cl3N2OS/c1-25(19(27)24-13-9-10-16(22)17(23)12-13)20(11-5-4-8-18(20)26)14-6-2-3-7-15(14)21/h2-3,6-7,9-10,12H,4-5,8,11H2,1H3,(H,24,27). The van der Waals surface area contributed by atoms with Crippen molar-refractivity contribution in [1.82, 2.24) is 4.90 Å². The monoisotopic (exact) mass is 440 g/mol. The van der Waals surface area contributed by atoms with Crippen molar-refractivity contribution in [2.75, 3.05) is 12.4 Å². The molecule has 1 saturated carbocycles. The Bertz CT molecular complexity index is 889. The zero-order valence-corrected chi connectivity index (χ0v) is 17.9. The minimum atomic E-state index is -0.878. The molecule has 2 aromatic carbocycles. The second kappa shape index (κ2) is 8.36. The van der Waals surface area contributed by atoms with E-state index >= 15 is 0 Å². The largest absolute Gasteiger partial charge is 0.335 e. The number of likely N-dealkylation sites (N-methyl/N-ethyl adjacent to an activating group) is 1. The number of carbonyl (C=O) groups is 1. The third-order valence-electron chi connectivity index (χ3n) is 5.02. The summed E-state index contributed by atoms with van der Waals surface area (Å²) in [5.74, 6) is 0.127. The van der Waals surface area contributed by atoms with E-state index in [4.69, 9.17) is 47.0 Å². The first-order valence-corrected chi connectivity index (χ1v) is 10.2. The van der Waals surface area contributed by atoms with E-state index in [1.807, 2.05) is 36.2 Å². The van der Waals surface area contributed by atoms with Crippen molar-refractivity contribution < 1.29 is 4.79 Å². The molecule has 0 amide bonds. The molecule has 0 bridgehead atoms. The molecule has 0 radical (unpaired) electrons. The smallest absolute Gasteiger partial charge is 0.174 e. The molecule has 1 atom stereocenters. The number of thiocarbonyl (C=S) groups is 1. The summed E-state index contributed by atoms with van der Waals surface area (Å²) in [5, 5.41) is 5.05. The van der Waals surface area contributed by atoms with Crippen LogP contribution in [0, 0.1) is 0 Å². The first-order valence-electron chi connectivity index (χ1n) is 8.64. The Balaban J connectivity index is 1.97. The van der Waals surface area contributed by atoms with Crippen LogP contribution in [0.2, 0.25) is 15.1 Å². The number of Topliss-reactive ketones (excluding diaryl/α,β-unsaturated/α-hetero) is 1. The van der Waals surface area contributed by atoms with Gasteiger partial charge in [-0.1, -0.05) is 53.0 Å². The topological polar surface area (TPSA) is 32.3 Å². The number of ketones is 1. The predicted molar refractivity (Wildman–Crippen MR) is 117 cm³/mol. The molecular weight excluding hydrogens is 423 g/mol. The van der Waals surface area contributed by atoms with Crippen LogP contribution in [0.4, 0.5) is 5.69 Å². The van der Waals surface area contributed by atoms with Gasteiger partial charge in [-0.3, -0.25) is 4.79 Å². The number of nitrogens with one attached hydrogen (secondary N) is 1. The van der Waals surface area contributed by atoms with E-state index in [-0.39, 0.29) is 5.78 Å². The average molecular weight is 442 g/mol. The van der Waals surface area contributed by atoms with Gasteiger partial charge in [0, 0.05) is 29.7 Å². The molecule has 2 aromatic rings. The Kier molecular flexibility index (Phi) is 6.32. The van der Waals surface area contributed by atoms with Gasteiger partial charge in [0.2, 0.25) is 0 Å². The molecule has 1 fully saturated rings. The maximum Gasteiger partial charge on any atom is 0.174 e. The average Bonchev–Trinajstić information content (AvgIpc) is 2.65.